The van der Waals surface area contributed by atoms with Crippen molar-refractivity contribution < 1.29 is 19.7 Å². The van der Waals surface area contributed by atoms with Gasteiger partial charge in [0.25, 0.3) is 0 Å². The molecule has 1 aliphatic heterocycles. The summed E-state index contributed by atoms with van der Waals surface area (Å²) in [6.07, 6.45) is 2.50. The van der Waals surface area contributed by atoms with Crippen LogP contribution in [0.3, 0.4) is 0 Å². The van der Waals surface area contributed by atoms with Crippen LogP contribution in [0, 0.1) is 5.92 Å². The minimum atomic E-state index is -0.886. The monoisotopic (exact) mass is 344 g/mol. The highest BCUT2D eigenvalue weighted by Gasteiger charge is 2.32. The summed E-state index contributed by atoms with van der Waals surface area (Å²) >= 11 is 0. The van der Waals surface area contributed by atoms with Crippen molar-refractivity contribution in [1.82, 2.24) is 9.47 Å². The zero-order valence-corrected chi connectivity index (χ0v) is 14.3. The zero-order valence-electron chi connectivity index (χ0n) is 14.3. The second-order valence-electron chi connectivity index (χ2n) is 6.56. The summed E-state index contributed by atoms with van der Waals surface area (Å²) in [5.41, 5.74) is 1.99. The Morgan fingerprint density at radius 2 is 1.88 bits per heavy atom. The number of aromatic nitrogens is 1. The zero-order chi connectivity index (χ0) is 17.8. The van der Waals surface area contributed by atoms with Gasteiger partial charge in [-0.2, -0.15) is 0 Å². The van der Waals surface area contributed by atoms with Crippen molar-refractivity contribution in [2.75, 3.05) is 26.8 Å². The molecule has 1 aromatic heterocycles. The number of rotatable bonds is 5. The molecule has 3 rings (SSSR count). The number of carbonyl (C=O) groups is 1. The molecule has 3 atom stereocenters. The third-order valence-electron chi connectivity index (χ3n) is 4.63. The van der Waals surface area contributed by atoms with Gasteiger partial charge in [-0.25, -0.2) is 0 Å². The van der Waals surface area contributed by atoms with E-state index in [1.54, 1.807) is 11.9 Å². The van der Waals surface area contributed by atoms with Gasteiger partial charge in [-0.05, 0) is 29.8 Å². The summed E-state index contributed by atoms with van der Waals surface area (Å²) in [7, 11) is 1.71. The maximum atomic E-state index is 12.4. The molecule has 1 aromatic carbocycles. The third-order valence-corrected chi connectivity index (χ3v) is 4.63. The Kier molecular flexibility index (Phi) is 5.53. The summed E-state index contributed by atoms with van der Waals surface area (Å²) in [6, 6.07) is 11.8. The Balaban J connectivity index is 1.56. The maximum Gasteiger partial charge on any atom is 0.226 e. The van der Waals surface area contributed by atoms with Crippen molar-refractivity contribution in [2.24, 2.45) is 5.92 Å². The van der Waals surface area contributed by atoms with Gasteiger partial charge in [-0.1, -0.05) is 12.1 Å². The molecule has 1 amide bonds. The lowest BCUT2D eigenvalue weighted by atomic mass is 9.96. The van der Waals surface area contributed by atoms with Gasteiger partial charge < -0.3 is 24.4 Å². The second kappa shape index (κ2) is 7.82. The lowest BCUT2D eigenvalue weighted by molar-refractivity contribution is -0.139. The molecule has 0 unspecified atom stereocenters. The van der Waals surface area contributed by atoms with Crippen LogP contribution in [-0.4, -0.2) is 64.6 Å². The highest BCUT2D eigenvalue weighted by molar-refractivity contribution is 5.78. The quantitative estimate of drug-likeness (QED) is 0.843. The molecule has 2 N–H and O–H groups in total. The van der Waals surface area contributed by atoms with Crippen LogP contribution in [0.15, 0.2) is 48.8 Å². The molecule has 0 aliphatic carbocycles. The lowest BCUT2D eigenvalue weighted by Gasteiger charge is -2.34. The summed E-state index contributed by atoms with van der Waals surface area (Å²) in [5, 5.41) is 19.7. The van der Waals surface area contributed by atoms with E-state index in [4.69, 9.17) is 4.74 Å². The number of aliphatic hydroxyl groups excluding tert-OH is 2. The Hall–Kier alpha value is -2.15. The summed E-state index contributed by atoms with van der Waals surface area (Å²) in [4.78, 5) is 14.0. The van der Waals surface area contributed by atoms with E-state index in [0.717, 1.165) is 11.3 Å². The van der Waals surface area contributed by atoms with Gasteiger partial charge in [-0.3, -0.25) is 4.79 Å². The molecule has 6 nitrogen and oxygen atoms in total. The molecule has 1 fully saturated rings. The van der Waals surface area contributed by atoms with Crippen molar-refractivity contribution in [3.8, 4) is 5.69 Å². The highest BCUT2D eigenvalue weighted by Crippen LogP contribution is 2.17. The van der Waals surface area contributed by atoms with Crippen LogP contribution in [0.5, 0.6) is 0 Å². The van der Waals surface area contributed by atoms with E-state index in [1.165, 1.54) is 0 Å². The first-order valence-electron chi connectivity index (χ1n) is 8.44. The first-order chi connectivity index (χ1) is 12.0. The second-order valence-corrected chi connectivity index (χ2v) is 6.56. The first-order valence-corrected chi connectivity index (χ1v) is 8.44. The largest absolute Gasteiger partial charge is 0.390 e. The fourth-order valence-corrected chi connectivity index (χ4v) is 3.07. The number of likely N-dealkylation sites (N-methyl/N-ethyl adjacent to an activating group) is 1. The van der Waals surface area contributed by atoms with E-state index >= 15 is 0 Å². The van der Waals surface area contributed by atoms with Crippen LogP contribution in [0.4, 0.5) is 0 Å². The van der Waals surface area contributed by atoms with Crippen LogP contribution in [-0.2, 0) is 16.0 Å². The standard InChI is InChI=1S/C19H24N2O4/c1-20(11-15-12-25-13-17(22)19(15)24)18(23)10-14-4-6-16(7-5-14)21-8-2-3-9-21/h2-9,15,17,19,22,24H,10-13H2,1H3/t15-,17-,19+/m1/s1. The maximum absolute atomic E-state index is 12.4. The molecule has 1 aliphatic rings. The molecule has 0 saturated carbocycles. The van der Waals surface area contributed by atoms with Gasteiger partial charge in [0.05, 0.1) is 25.7 Å². The fraction of sp³-hybridized carbons (Fsp3) is 0.421. The molecule has 25 heavy (non-hydrogen) atoms. The van der Waals surface area contributed by atoms with E-state index in [-0.39, 0.29) is 18.4 Å². The lowest BCUT2D eigenvalue weighted by Crippen LogP contribution is -2.49. The van der Waals surface area contributed by atoms with E-state index < -0.39 is 12.2 Å². The minimum Gasteiger partial charge on any atom is -0.390 e. The van der Waals surface area contributed by atoms with E-state index in [2.05, 4.69) is 0 Å². The van der Waals surface area contributed by atoms with Crippen molar-refractivity contribution in [3.63, 3.8) is 0 Å². The minimum absolute atomic E-state index is 0.0269. The molecule has 6 heteroatoms. The van der Waals surface area contributed by atoms with Crippen LogP contribution in [0.1, 0.15) is 5.56 Å². The normalized spacial score (nSPS) is 23.4. The number of carbonyl (C=O) groups excluding carboxylic acids is 1. The highest BCUT2D eigenvalue weighted by atomic mass is 16.5. The number of benzene rings is 1. The molecule has 1 saturated heterocycles. The number of hydrogen-bond acceptors (Lipinski definition) is 4. The Morgan fingerprint density at radius 1 is 1.20 bits per heavy atom. The summed E-state index contributed by atoms with van der Waals surface area (Å²) < 4.78 is 7.27. The molecular formula is C19H24N2O4. The van der Waals surface area contributed by atoms with Crippen LogP contribution in [0.2, 0.25) is 0 Å². The SMILES string of the molecule is CN(C[C@@H]1COC[C@@H](O)[C@H]1O)C(=O)Cc1ccc(-n2cccc2)cc1. The van der Waals surface area contributed by atoms with Crippen molar-refractivity contribution in [1.29, 1.82) is 0 Å². The molecule has 2 aromatic rings. The van der Waals surface area contributed by atoms with Crippen LogP contribution in [0.25, 0.3) is 5.69 Å². The molecule has 134 valence electrons. The number of hydrogen-bond donors (Lipinski definition) is 2. The Labute approximate surface area is 147 Å². The molecule has 0 bridgehead atoms. The van der Waals surface area contributed by atoms with E-state index in [9.17, 15) is 15.0 Å². The van der Waals surface area contributed by atoms with Crippen LogP contribution < -0.4 is 0 Å². The van der Waals surface area contributed by atoms with Gasteiger partial charge in [0.15, 0.2) is 0 Å². The predicted molar refractivity (Wildman–Crippen MR) is 93.4 cm³/mol. The predicted octanol–water partition coefficient (Wildman–Crippen LogP) is 0.846. The van der Waals surface area contributed by atoms with Crippen LogP contribution >= 0.6 is 0 Å². The molecule has 2 heterocycles. The van der Waals surface area contributed by atoms with Gasteiger partial charge in [0.1, 0.15) is 6.10 Å². The van der Waals surface area contributed by atoms with Gasteiger partial charge in [-0.15, -0.1) is 0 Å². The van der Waals surface area contributed by atoms with E-state index in [0.29, 0.717) is 19.6 Å². The smallest absolute Gasteiger partial charge is 0.226 e. The first kappa shape index (κ1) is 17.7. The topological polar surface area (TPSA) is 74.9 Å². The van der Waals surface area contributed by atoms with Gasteiger partial charge in [0, 0.05) is 37.6 Å². The average molecular weight is 344 g/mol. The molecular weight excluding hydrogens is 320 g/mol. The van der Waals surface area contributed by atoms with Gasteiger partial charge in [0.2, 0.25) is 5.91 Å². The van der Waals surface area contributed by atoms with Crippen molar-refractivity contribution >= 4 is 5.91 Å². The fourth-order valence-electron chi connectivity index (χ4n) is 3.07. The Bertz CT molecular complexity index is 684. The van der Waals surface area contributed by atoms with Gasteiger partial charge >= 0.3 is 0 Å². The molecule has 0 spiro atoms. The average Bonchev–Trinajstić information content (AvgIpc) is 3.14. The summed E-state index contributed by atoms with van der Waals surface area (Å²) in [5.74, 6) is -0.296. The van der Waals surface area contributed by atoms with Crippen molar-refractivity contribution in [3.05, 3.63) is 54.4 Å². The number of aliphatic hydroxyl groups is 2. The van der Waals surface area contributed by atoms with Crippen molar-refractivity contribution in [2.45, 2.75) is 18.6 Å². The third kappa shape index (κ3) is 4.28. The van der Waals surface area contributed by atoms with E-state index in [1.807, 2.05) is 53.4 Å². The number of nitrogens with zero attached hydrogens (tertiary/aromatic N) is 2. The summed E-state index contributed by atoms with van der Waals surface area (Å²) in [6.45, 7) is 0.850. The molecule has 0 radical (unpaired) electrons. The number of amides is 1. The number of ether oxygens (including phenoxy) is 1. The Morgan fingerprint density at radius 3 is 2.56 bits per heavy atom.